The first kappa shape index (κ1) is 25.2. The zero-order valence-electron chi connectivity index (χ0n) is 20.0. The van der Waals surface area contributed by atoms with Crippen LogP contribution in [0.4, 0.5) is 4.79 Å². The smallest absolute Gasteiger partial charge is 0.408 e. The summed E-state index contributed by atoms with van der Waals surface area (Å²) >= 11 is 0. The van der Waals surface area contributed by atoms with Gasteiger partial charge < -0.3 is 20.5 Å². The lowest BCUT2D eigenvalue weighted by Gasteiger charge is -2.37. The molecule has 1 aromatic rings. The second-order valence-electron chi connectivity index (χ2n) is 10.3. The summed E-state index contributed by atoms with van der Waals surface area (Å²) in [6.07, 6.45) is 3.40. The Labute approximate surface area is 196 Å². The number of likely N-dealkylation sites (tertiary alicyclic amines) is 1. The Morgan fingerprint density at radius 1 is 1.06 bits per heavy atom. The lowest BCUT2D eigenvalue weighted by atomic mass is 10.0. The molecule has 8 heteroatoms. The highest BCUT2D eigenvalue weighted by Crippen LogP contribution is 2.27. The fourth-order valence-electron chi connectivity index (χ4n) is 4.87. The van der Waals surface area contributed by atoms with Crippen LogP contribution in [0, 0.1) is 0 Å². The molecule has 2 aliphatic rings. The van der Waals surface area contributed by atoms with Crippen molar-refractivity contribution in [2.75, 3.05) is 13.1 Å². The summed E-state index contributed by atoms with van der Waals surface area (Å²) in [5, 5.41) is 16.8. The summed E-state index contributed by atoms with van der Waals surface area (Å²) in [4.78, 5) is 39.4. The Kier molecular flexibility index (Phi) is 8.13. The maximum atomic E-state index is 13.9. The van der Waals surface area contributed by atoms with Crippen molar-refractivity contribution < 1.29 is 28.7 Å². The first-order valence-corrected chi connectivity index (χ1v) is 12.0. The van der Waals surface area contributed by atoms with Gasteiger partial charge in [-0.2, -0.15) is 0 Å². The number of hydrogen-bond acceptors (Lipinski definition) is 5. The van der Waals surface area contributed by atoms with E-state index in [9.17, 15) is 19.5 Å². The van der Waals surface area contributed by atoms with Crippen molar-refractivity contribution in [2.45, 2.75) is 89.6 Å². The van der Waals surface area contributed by atoms with E-state index in [1.54, 1.807) is 20.8 Å². The first-order chi connectivity index (χ1) is 15.6. The van der Waals surface area contributed by atoms with E-state index in [1.165, 1.54) is 0 Å². The molecule has 1 heterocycles. The standard InChI is InChI=1S/C25H37N3O5/c1-25(2,3)33-24(32)27-20(17-18-11-5-4-6-12-18)22(30)28(15-9-10-16-28)23(31)21(29)26-19-13-7-8-14-19/h4-6,11-12,19-20,23,31H,7-10,13-17H2,1-3H3,(H-,26,27,29,32)/p+1. The van der Waals surface area contributed by atoms with Gasteiger partial charge in [0, 0.05) is 25.3 Å². The van der Waals surface area contributed by atoms with Crippen LogP contribution in [0.2, 0.25) is 0 Å². The van der Waals surface area contributed by atoms with E-state index in [1.807, 2.05) is 30.3 Å². The van der Waals surface area contributed by atoms with Crippen LogP contribution in [0.5, 0.6) is 0 Å². The summed E-state index contributed by atoms with van der Waals surface area (Å²) in [7, 11) is 0. The highest BCUT2D eigenvalue weighted by Gasteiger charge is 2.52. The second kappa shape index (κ2) is 10.7. The molecule has 3 N–H and O–H groups in total. The first-order valence-electron chi connectivity index (χ1n) is 12.0. The molecule has 3 rings (SSSR count). The van der Waals surface area contributed by atoms with Crippen molar-refractivity contribution in [3.05, 3.63) is 35.9 Å². The fourth-order valence-corrected chi connectivity index (χ4v) is 4.87. The highest BCUT2D eigenvalue weighted by atomic mass is 16.6. The van der Waals surface area contributed by atoms with Gasteiger partial charge >= 0.3 is 17.9 Å². The number of benzene rings is 1. The average molecular weight is 461 g/mol. The predicted molar refractivity (Wildman–Crippen MR) is 124 cm³/mol. The number of carbonyl (C=O) groups excluding carboxylic acids is 3. The van der Waals surface area contributed by atoms with Crippen molar-refractivity contribution in [1.29, 1.82) is 0 Å². The molecule has 33 heavy (non-hydrogen) atoms. The minimum atomic E-state index is -1.50. The summed E-state index contributed by atoms with van der Waals surface area (Å²) in [5.41, 5.74) is 0.152. The normalized spacial score (nSPS) is 20.1. The molecular weight excluding hydrogens is 422 g/mol. The largest absolute Gasteiger partial charge is 0.444 e. The van der Waals surface area contributed by atoms with Crippen molar-refractivity contribution in [1.82, 2.24) is 10.6 Å². The Bertz CT molecular complexity index is 824. The lowest BCUT2D eigenvalue weighted by Crippen LogP contribution is -2.67. The van der Waals surface area contributed by atoms with Gasteiger partial charge in [0.05, 0.1) is 13.1 Å². The maximum absolute atomic E-state index is 13.9. The number of alkyl carbamates (subject to hydrolysis) is 1. The van der Waals surface area contributed by atoms with Crippen molar-refractivity contribution >= 4 is 17.9 Å². The summed E-state index contributed by atoms with van der Waals surface area (Å²) in [5.74, 6) is -0.871. The van der Waals surface area contributed by atoms with Crippen molar-refractivity contribution in [2.24, 2.45) is 0 Å². The van der Waals surface area contributed by atoms with Crippen LogP contribution in [0.25, 0.3) is 0 Å². The van der Waals surface area contributed by atoms with Gasteiger partial charge in [0.15, 0.2) is 6.04 Å². The molecule has 1 aliphatic heterocycles. The third-order valence-corrected chi connectivity index (χ3v) is 6.48. The number of aliphatic hydroxyl groups excluding tert-OH is 1. The summed E-state index contributed by atoms with van der Waals surface area (Å²) in [6, 6.07) is 8.50. The zero-order chi connectivity index (χ0) is 24.1. The van der Waals surface area contributed by atoms with Gasteiger partial charge in [0.25, 0.3) is 6.23 Å². The molecule has 1 aliphatic carbocycles. The molecule has 0 spiro atoms. The number of amides is 3. The molecule has 1 saturated heterocycles. The number of aliphatic hydroxyl groups is 1. The van der Waals surface area contributed by atoms with E-state index >= 15 is 0 Å². The zero-order valence-corrected chi connectivity index (χ0v) is 20.0. The third kappa shape index (κ3) is 6.54. The van der Waals surface area contributed by atoms with E-state index in [0.29, 0.717) is 13.1 Å². The number of carbonyl (C=O) groups is 3. The van der Waals surface area contributed by atoms with Crippen LogP contribution in [-0.2, 0) is 20.7 Å². The minimum absolute atomic E-state index is 0.0462. The van der Waals surface area contributed by atoms with E-state index in [-0.39, 0.29) is 22.9 Å². The quantitative estimate of drug-likeness (QED) is 0.543. The van der Waals surface area contributed by atoms with Crippen LogP contribution in [0.3, 0.4) is 0 Å². The average Bonchev–Trinajstić information content (AvgIpc) is 3.44. The summed E-state index contributed by atoms with van der Waals surface area (Å²) in [6.45, 7) is 5.99. The van der Waals surface area contributed by atoms with Gasteiger partial charge in [0.1, 0.15) is 5.60 Å². The Balaban J connectivity index is 1.83. The topological polar surface area (TPSA) is 105 Å². The molecule has 0 aromatic heterocycles. The molecule has 2 atom stereocenters. The summed E-state index contributed by atoms with van der Waals surface area (Å²) < 4.78 is 5.03. The molecule has 1 aromatic carbocycles. The van der Waals surface area contributed by atoms with Crippen LogP contribution in [-0.4, -0.2) is 64.5 Å². The van der Waals surface area contributed by atoms with Gasteiger partial charge in [-0.25, -0.2) is 14.1 Å². The van der Waals surface area contributed by atoms with Crippen LogP contribution in [0.15, 0.2) is 30.3 Å². The number of nitrogens with one attached hydrogen (secondary N) is 2. The monoisotopic (exact) mass is 460 g/mol. The Morgan fingerprint density at radius 3 is 2.24 bits per heavy atom. The Hall–Kier alpha value is -2.45. The minimum Gasteiger partial charge on any atom is -0.444 e. The van der Waals surface area contributed by atoms with Crippen LogP contribution >= 0.6 is 0 Å². The van der Waals surface area contributed by atoms with Gasteiger partial charge in [-0.3, -0.25) is 4.79 Å². The van der Waals surface area contributed by atoms with Gasteiger partial charge in [-0.05, 0) is 39.2 Å². The third-order valence-electron chi connectivity index (χ3n) is 6.48. The van der Waals surface area contributed by atoms with Crippen molar-refractivity contribution in [3.63, 3.8) is 0 Å². The number of rotatable bonds is 7. The van der Waals surface area contributed by atoms with Gasteiger partial charge in [-0.1, -0.05) is 43.2 Å². The number of hydrogen-bond donors (Lipinski definition) is 3. The molecule has 8 nitrogen and oxygen atoms in total. The number of ether oxygens (including phenoxy) is 1. The number of nitrogens with zero attached hydrogens (tertiary/aromatic N) is 1. The molecule has 3 amide bonds. The van der Waals surface area contributed by atoms with Crippen LogP contribution in [0.1, 0.15) is 64.9 Å². The van der Waals surface area contributed by atoms with E-state index < -0.39 is 29.9 Å². The second-order valence-corrected chi connectivity index (χ2v) is 10.3. The van der Waals surface area contributed by atoms with E-state index in [2.05, 4.69) is 10.6 Å². The van der Waals surface area contributed by atoms with E-state index in [4.69, 9.17) is 4.74 Å². The number of quaternary nitrogens is 1. The molecular formula is C25H38N3O5+. The molecule has 1 saturated carbocycles. The molecule has 182 valence electrons. The van der Waals surface area contributed by atoms with Gasteiger partial charge in [-0.15, -0.1) is 0 Å². The van der Waals surface area contributed by atoms with E-state index in [0.717, 1.165) is 44.1 Å². The molecule has 0 bridgehead atoms. The van der Waals surface area contributed by atoms with Crippen LogP contribution < -0.4 is 10.6 Å². The molecule has 2 fully saturated rings. The SMILES string of the molecule is CC(C)(C)OC(=O)NC(Cc1ccccc1)C(=O)[N+]1(C(O)C(=O)NC2CCCC2)CCCC1. The highest BCUT2D eigenvalue weighted by molar-refractivity contribution is 5.86. The lowest BCUT2D eigenvalue weighted by molar-refractivity contribution is -0.881. The molecule has 0 radical (unpaired) electrons. The van der Waals surface area contributed by atoms with Crippen molar-refractivity contribution in [3.8, 4) is 0 Å². The fraction of sp³-hybridized carbons (Fsp3) is 0.640. The van der Waals surface area contributed by atoms with Gasteiger partial charge in [0.2, 0.25) is 0 Å². The molecule has 2 unspecified atom stereocenters. The Morgan fingerprint density at radius 2 is 1.67 bits per heavy atom. The maximum Gasteiger partial charge on any atom is 0.408 e. The predicted octanol–water partition coefficient (Wildman–Crippen LogP) is 2.64.